The van der Waals surface area contributed by atoms with Crippen LogP contribution in [0.5, 0.6) is 0 Å². The number of hydrogen-bond acceptors (Lipinski definition) is 3. The van der Waals surface area contributed by atoms with Crippen LogP contribution in [-0.2, 0) is 23.2 Å². The highest BCUT2D eigenvalue weighted by Crippen LogP contribution is 2.30. The van der Waals surface area contributed by atoms with Crippen molar-refractivity contribution in [1.82, 2.24) is 10.2 Å². The van der Waals surface area contributed by atoms with E-state index >= 15 is 0 Å². The molecule has 5 nitrogen and oxygen atoms in total. The van der Waals surface area contributed by atoms with Crippen molar-refractivity contribution >= 4 is 17.7 Å². The van der Waals surface area contributed by atoms with Crippen molar-refractivity contribution in [3.63, 3.8) is 0 Å². The molecule has 2 aromatic rings. The first-order valence-electron chi connectivity index (χ1n) is 9.45. The summed E-state index contributed by atoms with van der Waals surface area (Å²) in [5.41, 5.74) is 0.822. The minimum atomic E-state index is -1.58. The van der Waals surface area contributed by atoms with Crippen LogP contribution in [0.1, 0.15) is 47.8 Å². The molecule has 1 saturated heterocycles. The van der Waals surface area contributed by atoms with Gasteiger partial charge in [0, 0.05) is 5.56 Å². The summed E-state index contributed by atoms with van der Waals surface area (Å²) in [5, 5.41) is 2.50. The van der Waals surface area contributed by atoms with Crippen molar-refractivity contribution in [3.05, 3.63) is 70.3 Å². The van der Waals surface area contributed by atoms with Crippen LogP contribution in [0.25, 0.3) is 0 Å². The number of nitrogens with one attached hydrogen (secondary N) is 1. The fourth-order valence-corrected chi connectivity index (χ4v) is 3.48. The monoisotopic (exact) mass is 400 g/mol. The maximum atomic E-state index is 13.6. The molecule has 152 valence electrons. The van der Waals surface area contributed by atoms with E-state index in [1.807, 2.05) is 26.0 Å². The number of amides is 3. The van der Waals surface area contributed by atoms with Gasteiger partial charge in [0.25, 0.3) is 5.91 Å². The van der Waals surface area contributed by atoms with Gasteiger partial charge in [-0.3, -0.25) is 14.5 Å². The predicted molar refractivity (Wildman–Crippen MR) is 103 cm³/mol. The Morgan fingerprint density at radius 3 is 2.38 bits per heavy atom. The molecule has 1 unspecified atom stereocenters. The molecule has 0 saturated carbocycles. The predicted octanol–water partition coefficient (Wildman–Crippen LogP) is 3.74. The van der Waals surface area contributed by atoms with Gasteiger partial charge in [-0.1, -0.05) is 32.0 Å². The van der Waals surface area contributed by atoms with Crippen LogP contribution in [0.15, 0.2) is 36.4 Å². The molecule has 1 heterocycles. The zero-order valence-corrected chi connectivity index (χ0v) is 16.5. The fourth-order valence-electron chi connectivity index (χ4n) is 3.48. The summed E-state index contributed by atoms with van der Waals surface area (Å²) in [6.07, 6.45) is 1.39. The van der Waals surface area contributed by atoms with Crippen molar-refractivity contribution in [1.29, 1.82) is 0 Å². The Hall–Kier alpha value is -3.09. The normalized spacial score (nSPS) is 18.9. The Morgan fingerprint density at radius 2 is 1.76 bits per heavy atom. The van der Waals surface area contributed by atoms with Gasteiger partial charge >= 0.3 is 6.03 Å². The molecule has 0 aliphatic carbocycles. The van der Waals surface area contributed by atoms with E-state index in [-0.39, 0.29) is 11.3 Å². The second kappa shape index (κ2) is 7.73. The fraction of sp³-hybridized carbons (Fsp3) is 0.318. The number of nitrogens with zero attached hydrogens (tertiary/aromatic N) is 1. The van der Waals surface area contributed by atoms with E-state index in [4.69, 9.17) is 0 Å². The third-order valence-electron chi connectivity index (χ3n) is 5.34. The van der Waals surface area contributed by atoms with Crippen molar-refractivity contribution < 1.29 is 23.2 Å². The van der Waals surface area contributed by atoms with E-state index in [1.165, 1.54) is 13.0 Å². The number of imide groups is 1. The summed E-state index contributed by atoms with van der Waals surface area (Å²) in [6.45, 7) is 4.87. The Bertz CT molecular complexity index is 1010. The van der Waals surface area contributed by atoms with Gasteiger partial charge in [-0.05, 0) is 54.7 Å². The van der Waals surface area contributed by atoms with Crippen molar-refractivity contribution in [3.8, 4) is 0 Å². The summed E-state index contributed by atoms with van der Waals surface area (Å²) < 4.78 is 26.9. The lowest BCUT2D eigenvalue weighted by molar-refractivity contribution is -0.130. The molecule has 0 aromatic heterocycles. The molecular formula is C22H22F2N2O3. The summed E-state index contributed by atoms with van der Waals surface area (Å²) >= 11 is 0. The number of benzene rings is 2. The van der Waals surface area contributed by atoms with Crippen molar-refractivity contribution in [2.24, 2.45) is 0 Å². The first-order chi connectivity index (χ1) is 13.7. The van der Waals surface area contributed by atoms with Gasteiger partial charge in [0.1, 0.15) is 5.54 Å². The summed E-state index contributed by atoms with van der Waals surface area (Å²) in [6, 6.07) is 7.87. The van der Waals surface area contributed by atoms with Crippen LogP contribution in [0.4, 0.5) is 13.6 Å². The average molecular weight is 400 g/mol. The van der Waals surface area contributed by atoms with Crippen LogP contribution in [0, 0.1) is 11.6 Å². The summed E-state index contributed by atoms with van der Waals surface area (Å²) in [4.78, 5) is 39.1. The lowest BCUT2D eigenvalue weighted by atomic mass is 9.91. The van der Waals surface area contributed by atoms with Gasteiger partial charge in [0.05, 0.1) is 6.54 Å². The van der Waals surface area contributed by atoms with Crippen LogP contribution < -0.4 is 5.32 Å². The van der Waals surface area contributed by atoms with Gasteiger partial charge in [0.2, 0.25) is 0 Å². The minimum Gasteiger partial charge on any atom is -0.319 e. The SMILES string of the molecule is CCc1ccc(CC)c(C(=O)CN2C(=O)NC(C)(c3ccc(F)c(F)c3)C2=O)c1. The molecule has 2 aromatic carbocycles. The van der Waals surface area contributed by atoms with Gasteiger partial charge in [-0.2, -0.15) is 0 Å². The largest absolute Gasteiger partial charge is 0.325 e. The maximum Gasteiger partial charge on any atom is 0.325 e. The van der Waals surface area contributed by atoms with E-state index < -0.39 is 35.7 Å². The van der Waals surface area contributed by atoms with Gasteiger partial charge in [-0.25, -0.2) is 13.6 Å². The van der Waals surface area contributed by atoms with E-state index in [1.54, 1.807) is 6.07 Å². The smallest absolute Gasteiger partial charge is 0.319 e. The molecule has 1 aliphatic rings. The Morgan fingerprint density at radius 1 is 1.03 bits per heavy atom. The molecule has 1 aliphatic heterocycles. The molecule has 0 bridgehead atoms. The molecule has 0 radical (unpaired) electrons. The van der Waals surface area contributed by atoms with Crippen molar-refractivity contribution in [2.45, 2.75) is 39.2 Å². The second-order valence-electron chi connectivity index (χ2n) is 7.20. The second-order valence-corrected chi connectivity index (χ2v) is 7.20. The number of urea groups is 1. The van der Waals surface area contributed by atoms with Crippen LogP contribution in [0.3, 0.4) is 0 Å². The Balaban J connectivity index is 1.89. The first-order valence-corrected chi connectivity index (χ1v) is 9.45. The van der Waals surface area contributed by atoms with Crippen molar-refractivity contribution in [2.75, 3.05) is 6.54 Å². The molecule has 3 amide bonds. The topological polar surface area (TPSA) is 66.5 Å². The average Bonchev–Trinajstić information content (AvgIpc) is 2.93. The number of Topliss-reactive ketones (excluding diaryl/α,β-unsaturated/α-hetero) is 1. The molecule has 1 N–H and O–H groups in total. The van der Waals surface area contributed by atoms with Crippen LogP contribution in [-0.4, -0.2) is 29.2 Å². The third-order valence-corrected chi connectivity index (χ3v) is 5.34. The highest BCUT2D eigenvalue weighted by atomic mass is 19.2. The molecule has 1 atom stereocenters. The lowest BCUT2D eigenvalue weighted by Crippen LogP contribution is -2.41. The highest BCUT2D eigenvalue weighted by Gasteiger charge is 2.49. The maximum absolute atomic E-state index is 13.6. The molecule has 0 spiro atoms. The number of aryl methyl sites for hydroxylation is 2. The molecule has 7 heteroatoms. The molecular weight excluding hydrogens is 378 g/mol. The zero-order chi connectivity index (χ0) is 21.3. The van der Waals surface area contributed by atoms with Gasteiger partial charge < -0.3 is 5.32 Å². The van der Waals surface area contributed by atoms with E-state index in [0.717, 1.165) is 34.6 Å². The highest BCUT2D eigenvalue weighted by molar-refractivity contribution is 6.11. The standard InChI is InChI=1S/C22H22F2N2O3/c1-4-13-6-7-14(5-2)16(10-13)19(27)12-26-20(28)22(3,25-21(26)29)15-8-9-17(23)18(24)11-15/h6-11H,4-5,12H2,1-3H3,(H,25,29). The lowest BCUT2D eigenvalue weighted by Gasteiger charge is -2.22. The Labute approximate surface area is 167 Å². The number of hydrogen-bond donors (Lipinski definition) is 1. The molecule has 1 fully saturated rings. The number of carbonyl (C=O) groups excluding carboxylic acids is 3. The number of rotatable bonds is 6. The zero-order valence-electron chi connectivity index (χ0n) is 16.5. The Kier molecular flexibility index (Phi) is 5.50. The molecule has 29 heavy (non-hydrogen) atoms. The third kappa shape index (κ3) is 3.64. The minimum absolute atomic E-state index is 0.104. The van der Waals surface area contributed by atoms with Crippen LogP contribution in [0.2, 0.25) is 0 Å². The van der Waals surface area contributed by atoms with Gasteiger partial charge in [0.15, 0.2) is 17.4 Å². The molecule has 3 rings (SSSR count). The number of ketones is 1. The van der Waals surface area contributed by atoms with Crippen LogP contribution >= 0.6 is 0 Å². The number of halogens is 2. The summed E-state index contributed by atoms with van der Waals surface area (Å²) in [7, 11) is 0. The first kappa shape index (κ1) is 20.6. The summed E-state index contributed by atoms with van der Waals surface area (Å²) in [5.74, 6) is -3.21. The number of carbonyl (C=O) groups is 3. The quantitative estimate of drug-likeness (QED) is 0.593. The van der Waals surface area contributed by atoms with Gasteiger partial charge in [-0.15, -0.1) is 0 Å². The van der Waals surface area contributed by atoms with E-state index in [9.17, 15) is 23.2 Å². The van der Waals surface area contributed by atoms with E-state index in [2.05, 4.69) is 5.32 Å². The van der Waals surface area contributed by atoms with E-state index in [0.29, 0.717) is 12.0 Å².